The minimum Gasteiger partial charge on any atom is -0.348 e. The highest BCUT2D eigenvalue weighted by Crippen LogP contribution is 2.20. The summed E-state index contributed by atoms with van der Waals surface area (Å²) in [6, 6.07) is 41.0. The maximum Gasteiger partial charge on any atom is 0.251 e. The van der Waals surface area contributed by atoms with Crippen LogP contribution in [-0.2, 0) is 12.8 Å². The first kappa shape index (κ1) is 28.6. The topological polar surface area (TPSA) is 53.2 Å². The molecule has 0 bridgehead atoms. The van der Waals surface area contributed by atoms with Crippen LogP contribution in [0.5, 0.6) is 0 Å². The van der Waals surface area contributed by atoms with E-state index in [0.717, 1.165) is 35.5 Å². The van der Waals surface area contributed by atoms with Crippen LogP contribution in [0.4, 0.5) is 0 Å². The average molecular weight is 562 g/mol. The van der Waals surface area contributed by atoms with E-state index in [2.05, 4.69) is 82.7 Å². The number of fused-ring (bicyclic) bond motifs is 1. The van der Waals surface area contributed by atoms with Gasteiger partial charge in [-0.2, -0.15) is 0 Å². The Balaban J connectivity index is 1.31. The molecule has 208 valence electrons. The second-order valence-electron chi connectivity index (χ2n) is 10.5. The van der Waals surface area contributed by atoms with Crippen molar-refractivity contribution >= 4 is 28.3 Å². The van der Waals surface area contributed by atoms with Gasteiger partial charge in [-0.15, -0.1) is 0 Å². The van der Waals surface area contributed by atoms with Crippen molar-refractivity contribution < 1.29 is 4.79 Å². The van der Waals surface area contributed by atoms with Crippen LogP contribution in [0.1, 0.15) is 21.5 Å². The van der Waals surface area contributed by atoms with Crippen molar-refractivity contribution in [3.63, 3.8) is 0 Å². The van der Waals surface area contributed by atoms with Gasteiger partial charge in [-0.05, 0) is 77.2 Å². The van der Waals surface area contributed by atoms with E-state index in [9.17, 15) is 4.79 Å². The fraction of sp³-hybridized carbons (Fsp3) is 0.194. The van der Waals surface area contributed by atoms with E-state index in [4.69, 9.17) is 11.6 Å². The average Bonchev–Trinajstić information content (AvgIpc) is 3.01. The second kappa shape index (κ2) is 14.1. The molecule has 0 radical (unpaired) electrons. The molecule has 5 heteroatoms. The number of amides is 1. The number of hydrogen-bond acceptors (Lipinski definition) is 3. The highest BCUT2D eigenvalue weighted by Gasteiger charge is 2.18. The maximum absolute atomic E-state index is 13.4. The molecule has 0 heterocycles. The molecule has 41 heavy (non-hydrogen) atoms. The summed E-state index contributed by atoms with van der Waals surface area (Å²) < 4.78 is 0. The lowest BCUT2D eigenvalue weighted by Crippen LogP contribution is -2.48. The van der Waals surface area contributed by atoms with Gasteiger partial charge < -0.3 is 16.0 Å². The summed E-state index contributed by atoms with van der Waals surface area (Å²) in [6.45, 7) is 1.45. The molecule has 1 amide bonds. The largest absolute Gasteiger partial charge is 0.348 e. The molecule has 2 atom stereocenters. The molecule has 0 saturated carbocycles. The first-order valence-electron chi connectivity index (χ1n) is 14.1. The van der Waals surface area contributed by atoms with E-state index < -0.39 is 0 Å². The molecule has 0 aromatic heterocycles. The fourth-order valence-corrected chi connectivity index (χ4v) is 5.34. The Morgan fingerprint density at radius 1 is 0.659 bits per heavy atom. The number of likely N-dealkylation sites (N-methyl/N-ethyl adjacent to an activating group) is 1. The van der Waals surface area contributed by atoms with E-state index >= 15 is 0 Å². The van der Waals surface area contributed by atoms with Crippen molar-refractivity contribution in [2.75, 3.05) is 20.1 Å². The molecule has 5 rings (SSSR count). The Kier molecular flexibility index (Phi) is 9.82. The summed E-state index contributed by atoms with van der Waals surface area (Å²) >= 11 is 6.10. The molecule has 0 fully saturated rings. The first-order valence-corrected chi connectivity index (χ1v) is 14.5. The van der Waals surface area contributed by atoms with Gasteiger partial charge in [0, 0.05) is 35.8 Å². The van der Waals surface area contributed by atoms with Crippen LogP contribution in [0, 0.1) is 0 Å². The maximum atomic E-state index is 13.4. The summed E-state index contributed by atoms with van der Waals surface area (Å²) in [5, 5.41) is 13.5. The van der Waals surface area contributed by atoms with E-state index in [1.807, 2.05) is 61.6 Å². The van der Waals surface area contributed by atoms with Crippen LogP contribution in [-0.4, -0.2) is 38.1 Å². The van der Waals surface area contributed by atoms with Crippen LogP contribution in [0.15, 0.2) is 121 Å². The third-order valence-electron chi connectivity index (χ3n) is 7.38. The highest BCUT2D eigenvalue weighted by molar-refractivity contribution is 6.30. The number of nitrogens with one attached hydrogen (secondary N) is 3. The molecular weight excluding hydrogens is 526 g/mol. The summed E-state index contributed by atoms with van der Waals surface area (Å²) in [6.07, 6.45) is 1.58. The van der Waals surface area contributed by atoms with Crippen molar-refractivity contribution in [3.05, 3.63) is 143 Å². The quantitative estimate of drug-likeness (QED) is 0.155. The smallest absolute Gasteiger partial charge is 0.251 e. The Bertz CT molecular complexity index is 1550. The van der Waals surface area contributed by atoms with E-state index in [-0.39, 0.29) is 18.0 Å². The molecule has 5 aromatic carbocycles. The third kappa shape index (κ3) is 8.05. The predicted octanol–water partition coefficient (Wildman–Crippen LogP) is 6.92. The zero-order chi connectivity index (χ0) is 28.4. The molecule has 0 aliphatic rings. The number of hydrogen-bond donors (Lipinski definition) is 3. The van der Waals surface area contributed by atoms with Gasteiger partial charge in [-0.3, -0.25) is 4.79 Å². The molecule has 5 aromatic rings. The molecule has 0 aliphatic heterocycles. The summed E-state index contributed by atoms with van der Waals surface area (Å²) in [5.74, 6) is -0.0694. The SMILES string of the molecule is CNC[C@@H](Cc1ccc(Cl)cc1)NC[C@@H](Cc1ccc2ccccc2c1)NC(=O)c1ccc(-c2ccccc2)cc1. The summed E-state index contributed by atoms with van der Waals surface area (Å²) in [5.41, 5.74) is 5.29. The van der Waals surface area contributed by atoms with Crippen molar-refractivity contribution in [2.24, 2.45) is 0 Å². The van der Waals surface area contributed by atoms with E-state index in [0.29, 0.717) is 12.1 Å². The number of carbonyl (C=O) groups excluding carboxylic acids is 1. The Morgan fingerprint density at radius 2 is 1.29 bits per heavy atom. The lowest BCUT2D eigenvalue weighted by molar-refractivity contribution is 0.0935. The predicted molar refractivity (Wildman–Crippen MR) is 172 cm³/mol. The van der Waals surface area contributed by atoms with Gasteiger partial charge in [-0.1, -0.05) is 109 Å². The minimum absolute atomic E-state index is 0.0694. The van der Waals surface area contributed by atoms with E-state index in [1.165, 1.54) is 21.9 Å². The van der Waals surface area contributed by atoms with Crippen LogP contribution in [0.3, 0.4) is 0 Å². The summed E-state index contributed by atoms with van der Waals surface area (Å²) in [7, 11) is 1.96. The van der Waals surface area contributed by atoms with Crippen molar-refractivity contribution in [3.8, 4) is 11.1 Å². The summed E-state index contributed by atoms with van der Waals surface area (Å²) in [4.78, 5) is 13.4. The van der Waals surface area contributed by atoms with Crippen LogP contribution in [0.2, 0.25) is 5.02 Å². The van der Waals surface area contributed by atoms with Gasteiger partial charge in [0.2, 0.25) is 0 Å². The normalized spacial score (nSPS) is 12.6. The zero-order valence-corrected chi connectivity index (χ0v) is 24.1. The zero-order valence-electron chi connectivity index (χ0n) is 23.3. The number of rotatable bonds is 12. The molecule has 3 N–H and O–H groups in total. The lowest BCUT2D eigenvalue weighted by atomic mass is 10.00. The molecule has 0 unspecified atom stereocenters. The van der Waals surface area contributed by atoms with Crippen molar-refractivity contribution in [1.29, 1.82) is 0 Å². The third-order valence-corrected chi connectivity index (χ3v) is 7.64. The van der Waals surface area contributed by atoms with Crippen molar-refractivity contribution in [1.82, 2.24) is 16.0 Å². The molecule has 4 nitrogen and oxygen atoms in total. The van der Waals surface area contributed by atoms with Gasteiger partial charge in [0.1, 0.15) is 0 Å². The van der Waals surface area contributed by atoms with Crippen molar-refractivity contribution in [2.45, 2.75) is 24.9 Å². The molecular formula is C36H36ClN3O. The monoisotopic (exact) mass is 561 g/mol. The number of benzene rings is 5. The molecule has 0 spiro atoms. The Labute approximate surface area is 247 Å². The van der Waals surface area contributed by atoms with Crippen LogP contribution >= 0.6 is 11.6 Å². The highest BCUT2D eigenvalue weighted by atomic mass is 35.5. The Morgan fingerprint density at radius 3 is 2.02 bits per heavy atom. The van der Waals surface area contributed by atoms with Crippen LogP contribution < -0.4 is 16.0 Å². The standard InChI is InChI=1S/C36H36ClN3O/c1-38-24-34(22-26-12-19-33(37)20-13-26)39-25-35(23-27-11-14-29-9-5-6-10-32(29)21-27)40-36(41)31-17-15-30(16-18-31)28-7-3-2-4-8-28/h2-21,34-35,38-39H,22-25H2,1H3,(H,40,41)/t34-,35-/m1/s1. The van der Waals surface area contributed by atoms with E-state index in [1.54, 1.807) is 0 Å². The van der Waals surface area contributed by atoms with Gasteiger partial charge in [0.25, 0.3) is 5.91 Å². The van der Waals surface area contributed by atoms with Crippen LogP contribution in [0.25, 0.3) is 21.9 Å². The lowest BCUT2D eigenvalue weighted by Gasteiger charge is -2.25. The second-order valence-corrected chi connectivity index (χ2v) is 10.9. The fourth-order valence-electron chi connectivity index (χ4n) is 5.21. The number of carbonyl (C=O) groups is 1. The van der Waals surface area contributed by atoms with Gasteiger partial charge in [0.15, 0.2) is 0 Å². The number of halogens is 1. The first-order chi connectivity index (χ1) is 20.1. The Hall–Kier alpha value is -3.96. The van der Waals surface area contributed by atoms with Gasteiger partial charge in [0.05, 0.1) is 0 Å². The minimum atomic E-state index is -0.0953. The van der Waals surface area contributed by atoms with Gasteiger partial charge in [-0.25, -0.2) is 0 Å². The molecule has 0 aliphatic carbocycles. The molecule has 0 saturated heterocycles. The van der Waals surface area contributed by atoms with Gasteiger partial charge >= 0.3 is 0 Å².